The molecule has 0 aliphatic heterocycles. The third-order valence-corrected chi connectivity index (χ3v) is 2.31. The van der Waals surface area contributed by atoms with E-state index in [-0.39, 0.29) is 0 Å². The lowest BCUT2D eigenvalue weighted by atomic mass is 10.1. The zero-order chi connectivity index (χ0) is 12.1. The number of aromatic nitrogens is 2. The van der Waals surface area contributed by atoms with Crippen LogP contribution >= 0.6 is 0 Å². The van der Waals surface area contributed by atoms with Gasteiger partial charge in [0.05, 0.1) is 6.21 Å². The van der Waals surface area contributed by atoms with Crippen molar-refractivity contribution in [1.82, 2.24) is 10.2 Å². The monoisotopic (exact) mass is 230 g/mol. The van der Waals surface area contributed by atoms with Crippen molar-refractivity contribution in [2.75, 3.05) is 0 Å². The zero-order valence-electron chi connectivity index (χ0n) is 9.63. The van der Waals surface area contributed by atoms with Crippen LogP contribution in [0.2, 0.25) is 0 Å². The van der Waals surface area contributed by atoms with Gasteiger partial charge in [0.15, 0.2) is 0 Å². The average Bonchev–Trinajstić information content (AvgIpc) is 2.80. The summed E-state index contributed by atoms with van der Waals surface area (Å²) in [6.07, 6.45) is 3.39. The van der Waals surface area contributed by atoms with Crippen LogP contribution in [0.15, 0.2) is 33.8 Å². The van der Waals surface area contributed by atoms with Crippen LogP contribution in [0.4, 0.5) is 0 Å². The molecule has 5 nitrogen and oxygen atoms in total. The van der Waals surface area contributed by atoms with Gasteiger partial charge in [-0.15, -0.1) is 10.2 Å². The van der Waals surface area contributed by atoms with Crippen LogP contribution in [0.1, 0.15) is 24.8 Å². The van der Waals surface area contributed by atoms with Crippen molar-refractivity contribution in [3.05, 3.63) is 35.7 Å². The highest BCUT2D eigenvalue weighted by Crippen LogP contribution is 2.18. The minimum Gasteiger partial charge on any atom is -0.421 e. The summed E-state index contributed by atoms with van der Waals surface area (Å²) < 4.78 is 5.53. The first-order valence-electron chi connectivity index (χ1n) is 5.49. The molecule has 1 aromatic heterocycles. The van der Waals surface area contributed by atoms with E-state index in [1.807, 2.05) is 24.3 Å². The second-order valence-corrected chi connectivity index (χ2v) is 3.65. The molecule has 0 aliphatic carbocycles. The van der Waals surface area contributed by atoms with Gasteiger partial charge in [0.25, 0.3) is 0 Å². The van der Waals surface area contributed by atoms with Crippen LogP contribution in [0.25, 0.3) is 11.5 Å². The topological polar surface area (TPSA) is 77.3 Å². The molecule has 2 aromatic rings. The summed E-state index contributed by atoms with van der Waals surface area (Å²) in [5, 5.41) is 11.4. The van der Waals surface area contributed by atoms with Gasteiger partial charge in [-0.05, 0) is 24.1 Å². The molecular weight excluding hydrogens is 216 g/mol. The number of aryl methyl sites for hydroxylation is 1. The maximum absolute atomic E-state index is 5.53. The zero-order valence-corrected chi connectivity index (χ0v) is 9.63. The van der Waals surface area contributed by atoms with Crippen LogP contribution in [-0.2, 0) is 6.42 Å². The Morgan fingerprint density at radius 2 is 2.06 bits per heavy atom. The van der Waals surface area contributed by atoms with Gasteiger partial charge in [-0.2, -0.15) is 5.10 Å². The number of nitrogens with zero attached hydrogens (tertiary/aromatic N) is 3. The molecule has 17 heavy (non-hydrogen) atoms. The summed E-state index contributed by atoms with van der Waals surface area (Å²) in [6, 6.07) is 7.60. The lowest BCUT2D eigenvalue weighted by Crippen LogP contribution is -1.86. The van der Waals surface area contributed by atoms with Gasteiger partial charge in [-0.3, -0.25) is 0 Å². The minimum atomic E-state index is 0.546. The van der Waals surface area contributed by atoms with Gasteiger partial charge < -0.3 is 10.3 Å². The van der Waals surface area contributed by atoms with E-state index in [1.54, 1.807) is 6.21 Å². The van der Waals surface area contributed by atoms with Crippen LogP contribution < -0.4 is 5.84 Å². The number of hydrogen-bond acceptors (Lipinski definition) is 5. The predicted molar refractivity (Wildman–Crippen MR) is 65.5 cm³/mol. The molecule has 0 saturated carbocycles. The van der Waals surface area contributed by atoms with Crippen LogP contribution in [0, 0.1) is 0 Å². The maximum Gasteiger partial charge on any atom is 0.247 e. The summed E-state index contributed by atoms with van der Waals surface area (Å²) in [7, 11) is 0. The minimum absolute atomic E-state index is 0.546. The molecule has 5 heteroatoms. The maximum atomic E-state index is 5.53. The molecule has 0 aliphatic rings. The average molecular weight is 230 g/mol. The van der Waals surface area contributed by atoms with Gasteiger partial charge in [0.2, 0.25) is 11.8 Å². The molecule has 0 spiro atoms. The fourth-order valence-corrected chi connectivity index (χ4v) is 1.48. The Balaban J connectivity index is 2.20. The number of hydrazone groups is 1. The van der Waals surface area contributed by atoms with Crippen molar-refractivity contribution >= 4 is 6.21 Å². The Morgan fingerprint density at radius 3 is 2.71 bits per heavy atom. The summed E-state index contributed by atoms with van der Waals surface area (Å²) in [5.41, 5.74) is 1.83. The summed E-state index contributed by atoms with van der Waals surface area (Å²) in [4.78, 5) is 0. The highest BCUT2D eigenvalue weighted by atomic mass is 16.4. The molecule has 0 fully saturated rings. The second kappa shape index (κ2) is 5.25. The Kier molecular flexibility index (Phi) is 3.49. The standard InChI is InChI=1S/C12H14N4O/c1-2-3-11-15-16-12(17-11)10-6-4-9(5-7-10)8-14-13/h4-8H,2-3,13H2,1H3. The smallest absolute Gasteiger partial charge is 0.247 e. The molecule has 0 unspecified atom stereocenters. The first-order valence-corrected chi connectivity index (χ1v) is 5.49. The lowest BCUT2D eigenvalue weighted by Gasteiger charge is -1.95. The van der Waals surface area contributed by atoms with E-state index in [1.165, 1.54) is 0 Å². The molecule has 88 valence electrons. The first-order chi connectivity index (χ1) is 8.33. The quantitative estimate of drug-likeness (QED) is 0.495. The summed E-state index contributed by atoms with van der Waals surface area (Å²) in [6.45, 7) is 2.07. The number of benzene rings is 1. The van der Waals surface area contributed by atoms with Crippen LogP contribution in [-0.4, -0.2) is 16.4 Å². The molecule has 0 radical (unpaired) electrons. The van der Waals surface area contributed by atoms with Gasteiger partial charge in [0, 0.05) is 12.0 Å². The Morgan fingerprint density at radius 1 is 1.29 bits per heavy atom. The molecule has 0 atom stereocenters. The normalized spacial score (nSPS) is 11.1. The molecule has 0 saturated heterocycles. The van der Waals surface area contributed by atoms with Crippen molar-refractivity contribution in [2.24, 2.45) is 10.9 Å². The number of rotatable bonds is 4. The second-order valence-electron chi connectivity index (χ2n) is 3.65. The predicted octanol–water partition coefficient (Wildman–Crippen LogP) is 1.98. The molecule has 2 N–H and O–H groups in total. The highest BCUT2D eigenvalue weighted by Gasteiger charge is 2.07. The molecule has 0 bridgehead atoms. The van der Waals surface area contributed by atoms with Gasteiger partial charge in [-0.25, -0.2) is 0 Å². The summed E-state index contributed by atoms with van der Waals surface area (Å²) >= 11 is 0. The van der Waals surface area contributed by atoms with Crippen molar-refractivity contribution < 1.29 is 4.42 Å². The summed E-state index contributed by atoms with van der Waals surface area (Å²) in [5.74, 6) is 6.30. The van der Waals surface area contributed by atoms with Gasteiger partial charge >= 0.3 is 0 Å². The molecule has 1 heterocycles. The van der Waals surface area contributed by atoms with Crippen LogP contribution in [0.3, 0.4) is 0 Å². The van der Waals surface area contributed by atoms with Crippen LogP contribution in [0.5, 0.6) is 0 Å². The number of hydrogen-bond donors (Lipinski definition) is 1. The Hall–Kier alpha value is -2.17. The van der Waals surface area contributed by atoms with Crippen molar-refractivity contribution in [3.63, 3.8) is 0 Å². The lowest BCUT2D eigenvalue weighted by molar-refractivity contribution is 0.502. The fraction of sp³-hybridized carbons (Fsp3) is 0.250. The number of nitrogens with two attached hydrogens (primary N) is 1. The third-order valence-electron chi connectivity index (χ3n) is 2.31. The fourth-order valence-electron chi connectivity index (χ4n) is 1.48. The largest absolute Gasteiger partial charge is 0.421 e. The molecular formula is C12H14N4O. The van der Waals surface area contributed by atoms with E-state index in [0.29, 0.717) is 11.8 Å². The van der Waals surface area contributed by atoms with E-state index in [9.17, 15) is 0 Å². The third kappa shape index (κ3) is 2.69. The van der Waals surface area contributed by atoms with E-state index in [2.05, 4.69) is 22.2 Å². The highest BCUT2D eigenvalue weighted by molar-refractivity contribution is 5.80. The molecule has 1 aromatic carbocycles. The molecule has 0 amide bonds. The van der Waals surface area contributed by atoms with E-state index in [0.717, 1.165) is 24.0 Å². The van der Waals surface area contributed by atoms with Crippen molar-refractivity contribution in [1.29, 1.82) is 0 Å². The van der Waals surface area contributed by atoms with E-state index >= 15 is 0 Å². The Bertz CT molecular complexity index is 501. The first kappa shape index (κ1) is 11.3. The van der Waals surface area contributed by atoms with Crippen molar-refractivity contribution in [3.8, 4) is 11.5 Å². The van der Waals surface area contributed by atoms with Gasteiger partial charge in [0.1, 0.15) is 0 Å². The van der Waals surface area contributed by atoms with Gasteiger partial charge in [-0.1, -0.05) is 19.1 Å². The molecule has 2 rings (SSSR count). The Labute approximate surface area is 99.4 Å². The SMILES string of the molecule is CCCc1nnc(-c2ccc(C=NN)cc2)o1. The van der Waals surface area contributed by atoms with Crippen molar-refractivity contribution in [2.45, 2.75) is 19.8 Å². The van der Waals surface area contributed by atoms with E-state index < -0.39 is 0 Å². The van der Waals surface area contributed by atoms with E-state index in [4.69, 9.17) is 10.3 Å².